The Morgan fingerprint density at radius 1 is 1.24 bits per heavy atom. The van der Waals surface area contributed by atoms with Gasteiger partial charge in [0.15, 0.2) is 23.3 Å². The van der Waals surface area contributed by atoms with Crippen molar-refractivity contribution in [3.63, 3.8) is 0 Å². The van der Waals surface area contributed by atoms with Crippen LogP contribution in [0.1, 0.15) is 12.0 Å². The Bertz CT molecular complexity index is 1110. The maximum Gasteiger partial charge on any atom is 0.341 e. The quantitative estimate of drug-likeness (QED) is 0.332. The molecule has 10 nitrogen and oxygen atoms in total. The number of amides is 2. The smallest absolute Gasteiger partial charge is 0.341 e. The number of amidine groups is 1. The van der Waals surface area contributed by atoms with Crippen molar-refractivity contribution < 1.29 is 29.0 Å². The molecule has 0 spiro atoms. The van der Waals surface area contributed by atoms with Crippen LogP contribution in [0, 0.1) is 0 Å². The molecule has 3 N–H and O–H groups in total. The van der Waals surface area contributed by atoms with E-state index in [4.69, 9.17) is 14.6 Å². The number of carboxylic acids is 1. The van der Waals surface area contributed by atoms with Crippen molar-refractivity contribution in [3.05, 3.63) is 52.5 Å². The van der Waals surface area contributed by atoms with Crippen LogP contribution in [0.2, 0.25) is 0 Å². The second-order valence-electron chi connectivity index (χ2n) is 6.60. The SMILES string of the molecule is COc1cc(/C=N/N=C2\NC(=O)C(CC(=O)Nc3ccc(Br)cc3)S2)ccc1OCC(=O)O. The third-order valence-corrected chi connectivity index (χ3v) is 5.77. The van der Waals surface area contributed by atoms with Crippen LogP contribution >= 0.6 is 27.7 Å². The number of benzene rings is 2. The van der Waals surface area contributed by atoms with Gasteiger partial charge in [0.2, 0.25) is 11.8 Å². The number of nitrogens with one attached hydrogen (secondary N) is 2. The molecule has 2 aromatic rings. The first-order valence-electron chi connectivity index (χ1n) is 9.50. The summed E-state index contributed by atoms with van der Waals surface area (Å²) in [5, 5.41) is 21.7. The molecule has 172 valence electrons. The van der Waals surface area contributed by atoms with Gasteiger partial charge in [-0.1, -0.05) is 27.7 Å². The number of nitrogens with zero attached hydrogens (tertiary/aromatic N) is 2. The summed E-state index contributed by atoms with van der Waals surface area (Å²) in [6.07, 6.45) is 1.43. The van der Waals surface area contributed by atoms with E-state index in [1.165, 1.54) is 13.3 Å². The summed E-state index contributed by atoms with van der Waals surface area (Å²) in [5.74, 6) is -1.08. The molecule has 0 aliphatic carbocycles. The lowest BCUT2D eigenvalue weighted by Crippen LogP contribution is -2.28. The summed E-state index contributed by atoms with van der Waals surface area (Å²) in [5.41, 5.74) is 1.26. The number of halogens is 1. The molecule has 0 saturated carbocycles. The largest absolute Gasteiger partial charge is 0.493 e. The Kier molecular flexibility index (Phi) is 8.44. The van der Waals surface area contributed by atoms with E-state index in [1.54, 1.807) is 30.3 Å². The van der Waals surface area contributed by atoms with Gasteiger partial charge in [-0.3, -0.25) is 9.59 Å². The van der Waals surface area contributed by atoms with Gasteiger partial charge in [0.1, 0.15) is 5.25 Å². The number of aliphatic carboxylic acids is 1. The normalized spacial score (nSPS) is 16.6. The number of thioether (sulfide) groups is 1. The van der Waals surface area contributed by atoms with E-state index in [2.05, 4.69) is 36.8 Å². The number of rotatable bonds is 9. The van der Waals surface area contributed by atoms with Crippen molar-refractivity contribution >= 4 is 62.5 Å². The molecule has 1 heterocycles. The highest BCUT2D eigenvalue weighted by molar-refractivity contribution is 9.10. The molecule has 1 aliphatic rings. The van der Waals surface area contributed by atoms with Gasteiger partial charge in [0.25, 0.3) is 0 Å². The van der Waals surface area contributed by atoms with Crippen LogP contribution in [-0.4, -0.2) is 53.2 Å². The molecule has 12 heteroatoms. The highest BCUT2D eigenvalue weighted by atomic mass is 79.9. The van der Waals surface area contributed by atoms with Crippen molar-refractivity contribution in [1.82, 2.24) is 5.32 Å². The lowest BCUT2D eigenvalue weighted by Gasteiger charge is -2.09. The fourth-order valence-electron chi connectivity index (χ4n) is 2.67. The van der Waals surface area contributed by atoms with Gasteiger partial charge in [-0.05, 0) is 48.0 Å². The molecule has 0 bridgehead atoms. The minimum Gasteiger partial charge on any atom is -0.493 e. The molecular formula is C21H19BrN4O6S. The summed E-state index contributed by atoms with van der Waals surface area (Å²) in [4.78, 5) is 35.0. The molecule has 1 fully saturated rings. The van der Waals surface area contributed by atoms with E-state index in [-0.39, 0.29) is 29.2 Å². The van der Waals surface area contributed by atoms with Crippen LogP contribution < -0.4 is 20.1 Å². The molecule has 1 aliphatic heterocycles. The van der Waals surface area contributed by atoms with Gasteiger partial charge in [-0.2, -0.15) is 5.10 Å². The summed E-state index contributed by atoms with van der Waals surface area (Å²) in [6, 6.07) is 11.9. The first-order valence-corrected chi connectivity index (χ1v) is 11.2. The van der Waals surface area contributed by atoms with E-state index in [0.29, 0.717) is 17.0 Å². The van der Waals surface area contributed by atoms with Crippen LogP contribution in [0.15, 0.2) is 57.1 Å². The van der Waals surface area contributed by atoms with Gasteiger partial charge in [0.05, 0.1) is 13.3 Å². The van der Waals surface area contributed by atoms with Crippen LogP contribution in [0.25, 0.3) is 0 Å². The zero-order chi connectivity index (χ0) is 23.8. The molecule has 2 amide bonds. The first kappa shape index (κ1) is 24.3. The van der Waals surface area contributed by atoms with Crippen molar-refractivity contribution in [2.24, 2.45) is 10.2 Å². The van der Waals surface area contributed by atoms with Crippen molar-refractivity contribution in [2.45, 2.75) is 11.7 Å². The number of anilines is 1. The van der Waals surface area contributed by atoms with Crippen LogP contribution in [-0.2, 0) is 14.4 Å². The number of carbonyl (C=O) groups is 3. The number of carboxylic acid groups (broad SMARTS) is 1. The third kappa shape index (κ3) is 7.32. The fourth-order valence-corrected chi connectivity index (χ4v) is 3.86. The summed E-state index contributed by atoms with van der Waals surface area (Å²) >= 11 is 4.45. The third-order valence-electron chi connectivity index (χ3n) is 4.17. The van der Waals surface area contributed by atoms with E-state index >= 15 is 0 Å². The molecule has 33 heavy (non-hydrogen) atoms. The molecule has 3 rings (SSSR count). The second-order valence-corrected chi connectivity index (χ2v) is 8.70. The van der Waals surface area contributed by atoms with Crippen LogP contribution in [0.3, 0.4) is 0 Å². The summed E-state index contributed by atoms with van der Waals surface area (Å²) < 4.78 is 11.2. The molecule has 0 aromatic heterocycles. The van der Waals surface area contributed by atoms with E-state index in [1.807, 2.05) is 12.1 Å². The Labute approximate surface area is 201 Å². The first-order chi connectivity index (χ1) is 15.8. The lowest BCUT2D eigenvalue weighted by molar-refractivity contribution is -0.139. The predicted octanol–water partition coefficient (Wildman–Crippen LogP) is 2.87. The van der Waals surface area contributed by atoms with Crippen LogP contribution in [0.4, 0.5) is 5.69 Å². The molecule has 1 atom stereocenters. The Balaban J connectivity index is 1.56. The van der Waals surface area contributed by atoms with Gasteiger partial charge in [-0.25, -0.2) is 4.79 Å². The number of carbonyl (C=O) groups excluding carboxylic acids is 2. The van der Waals surface area contributed by atoms with Gasteiger partial charge in [0, 0.05) is 16.6 Å². The minimum atomic E-state index is -1.10. The monoisotopic (exact) mass is 534 g/mol. The standard InChI is InChI=1S/C21H19BrN4O6S/c1-31-16-8-12(2-7-15(16)32-11-19(28)29)10-23-26-21-25-20(30)17(33-21)9-18(27)24-14-5-3-13(22)4-6-14/h2-8,10,17H,9,11H2,1H3,(H,24,27)(H,28,29)(H,25,26,30)/b23-10+. The highest BCUT2D eigenvalue weighted by Gasteiger charge is 2.32. The number of hydrogen-bond acceptors (Lipinski definition) is 8. The van der Waals surface area contributed by atoms with Crippen molar-refractivity contribution in [3.8, 4) is 11.5 Å². The Morgan fingerprint density at radius 2 is 2.00 bits per heavy atom. The summed E-state index contributed by atoms with van der Waals surface area (Å²) in [7, 11) is 1.43. The maximum absolute atomic E-state index is 12.2. The Morgan fingerprint density at radius 3 is 2.70 bits per heavy atom. The van der Waals surface area contributed by atoms with Gasteiger partial charge >= 0.3 is 5.97 Å². The maximum atomic E-state index is 12.2. The molecule has 0 radical (unpaired) electrons. The lowest BCUT2D eigenvalue weighted by atomic mass is 10.2. The number of hydrogen-bond donors (Lipinski definition) is 3. The van der Waals surface area contributed by atoms with Crippen molar-refractivity contribution in [1.29, 1.82) is 0 Å². The average Bonchev–Trinajstić information content (AvgIpc) is 3.12. The minimum absolute atomic E-state index is 0.00962. The van der Waals surface area contributed by atoms with Crippen molar-refractivity contribution in [2.75, 3.05) is 19.0 Å². The average molecular weight is 535 g/mol. The zero-order valence-corrected chi connectivity index (χ0v) is 19.7. The van der Waals surface area contributed by atoms with Gasteiger partial charge in [-0.15, -0.1) is 5.10 Å². The molecule has 1 unspecified atom stereocenters. The molecule has 2 aromatic carbocycles. The zero-order valence-electron chi connectivity index (χ0n) is 17.3. The topological polar surface area (TPSA) is 139 Å². The second kappa shape index (κ2) is 11.5. The molecule has 1 saturated heterocycles. The highest BCUT2D eigenvalue weighted by Crippen LogP contribution is 2.28. The number of methoxy groups -OCH3 is 1. The van der Waals surface area contributed by atoms with E-state index in [0.717, 1.165) is 16.2 Å². The van der Waals surface area contributed by atoms with E-state index in [9.17, 15) is 14.4 Å². The fraction of sp³-hybridized carbons (Fsp3) is 0.190. The van der Waals surface area contributed by atoms with E-state index < -0.39 is 17.8 Å². The van der Waals surface area contributed by atoms with Crippen LogP contribution in [0.5, 0.6) is 11.5 Å². The Hall–Kier alpha value is -3.38. The van der Waals surface area contributed by atoms with Gasteiger partial charge < -0.3 is 25.2 Å². The predicted molar refractivity (Wildman–Crippen MR) is 128 cm³/mol. The number of ether oxygens (including phenoxy) is 2. The summed E-state index contributed by atoms with van der Waals surface area (Å²) in [6.45, 7) is -0.489. The molecular weight excluding hydrogens is 516 g/mol.